The quantitative estimate of drug-likeness (QED) is 0.858. The van der Waals surface area contributed by atoms with Crippen molar-refractivity contribution in [1.29, 1.82) is 0 Å². The fourth-order valence-corrected chi connectivity index (χ4v) is 3.58. The molecule has 2 aliphatic rings. The highest BCUT2D eigenvalue weighted by Crippen LogP contribution is 2.34. The molecular formula is C17H34N2O. The Morgan fingerprint density at radius 3 is 2.50 bits per heavy atom. The van der Waals surface area contributed by atoms with Crippen molar-refractivity contribution in [2.24, 2.45) is 10.8 Å². The van der Waals surface area contributed by atoms with Crippen LogP contribution in [0.1, 0.15) is 53.9 Å². The number of hydrogen-bond acceptors (Lipinski definition) is 3. The summed E-state index contributed by atoms with van der Waals surface area (Å²) >= 11 is 0. The Morgan fingerprint density at radius 2 is 1.95 bits per heavy atom. The van der Waals surface area contributed by atoms with Crippen LogP contribution in [0.5, 0.6) is 0 Å². The number of piperidine rings is 1. The Labute approximate surface area is 125 Å². The van der Waals surface area contributed by atoms with Crippen molar-refractivity contribution in [2.45, 2.75) is 59.4 Å². The van der Waals surface area contributed by atoms with E-state index in [1.54, 1.807) is 0 Å². The standard InChI is InChI=1S/C17H34N2O/c1-15(2,3)18-11-17(8-10-20-14-17)13-19-9-6-7-16(4,5)12-19/h18H,6-14H2,1-5H3. The second-order valence-electron chi connectivity index (χ2n) is 8.88. The van der Waals surface area contributed by atoms with Gasteiger partial charge >= 0.3 is 0 Å². The highest BCUT2D eigenvalue weighted by molar-refractivity contribution is 4.92. The number of likely N-dealkylation sites (tertiary alicyclic amines) is 1. The van der Waals surface area contributed by atoms with Crippen molar-refractivity contribution < 1.29 is 4.74 Å². The Morgan fingerprint density at radius 1 is 1.20 bits per heavy atom. The molecule has 2 rings (SSSR count). The molecule has 0 aromatic carbocycles. The van der Waals surface area contributed by atoms with Crippen molar-refractivity contribution in [3.05, 3.63) is 0 Å². The Kier molecular flexibility index (Phi) is 4.83. The smallest absolute Gasteiger partial charge is 0.0547 e. The second-order valence-corrected chi connectivity index (χ2v) is 8.88. The normalized spacial score (nSPS) is 31.6. The molecule has 20 heavy (non-hydrogen) atoms. The largest absolute Gasteiger partial charge is 0.381 e. The van der Waals surface area contributed by atoms with Crippen LogP contribution in [0.25, 0.3) is 0 Å². The number of ether oxygens (including phenoxy) is 1. The molecule has 0 bridgehead atoms. The Hall–Kier alpha value is -0.120. The molecular weight excluding hydrogens is 248 g/mol. The SMILES string of the molecule is CC1(C)CCCN(CC2(CNC(C)(C)C)CCOC2)C1. The van der Waals surface area contributed by atoms with E-state index in [0.717, 1.165) is 19.8 Å². The van der Waals surface area contributed by atoms with Crippen molar-refractivity contribution in [1.82, 2.24) is 10.2 Å². The van der Waals surface area contributed by atoms with Gasteiger partial charge in [-0.15, -0.1) is 0 Å². The molecule has 0 aliphatic carbocycles. The van der Waals surface area contributed by atoms with Gasteiger partial charge in [-0.2, -0.15) is 0 Å². The molecule has 3 nitrogen and oxygen atoms in total. The monoisotopic (exact) mass is 282 g/mol. The summed E-state index contributed by atoms with van der Waals surface area (Å²) in [5.41, 5.74) is 0.994. The summed E-state index contributed by atoms with van der Waals surface area (Å²) in [6.07, 6.45) is 3.91. The third kappa shape index (κ3) is 4.71. The second kappa shape index (κ2) is 5.94. The van der Waals surface area contributed by atoms with Gasteiger partial charge in [-0.25, -0.2) is 0 Å². The zero-order valence-electron chi connectivity index (χ0n) is 14.2. The van der Waals surface area contributed by atoms with Crippen LogP contribution in [0.2, 0.25) is 0 Å². The lowest BCUT2D eigenvalue weighted by Crippen LogP contribution is -2.52. The maximum atomic E-state index is 5.75. The first-order chi connectivity index (χ1) is 9.20. The molecule has 2 heterocycles. The van der Waals surface area contributed by atoms with Gasteiger partial charge in [0.15, 0.2) is 0 Å². The van der Waals surface area contributed by atoms with Gasteiger partial charge < -0.3 is 15.0 Å². The Bertz CT molecular complexity index is 313. The van der Waals surface area contributed by atoms with Crippen LogP contribution in [-0.2, 0) is 4.74 Å². The maximum Gasteiger partial charge on any atom is 0.0547 e. The van der Waals surface area contributed by atoms with Gasteiger partial charge in [0.25, 0.3) is 0 Å². The predicted octanol–water partition coefficient (Wildman–Crippen LogP) is 2.90. The molecule has 3 heteroatoms. The van der Waals surface area contributed by atoms with Crippen LogP contribution in [0.3, 0.4) is 0 Å². The predicted molar refractivity (Wildman–Crippen MR) is 85.1 cm³/mol. The van der Waals surface area contributed by atoms with E-state index in [2.05, 4.69) is 44.8 Å². The third-order valence-electron chi connectivity index (χ3n) is 4.72. The van der Waals surface area contributed by atoms with E-state index in [9.17, 15) is 0 Å². The van der Waals surface area contributed by atoms with Gasteiger partial charge in [0.1, 0.15) is 0 Å². The summed E-state index contributed by atoms with van der Waals surface area (Å²) in [5, 5.41) is 3.71. The van der Waals surface area contributed by atoms with Crippen LogP contribution in [0, 0.1) is 10.8 Å². The van der Waals surface area contributed by atoms with Crippen LogP contribution in [0.4, 0.5) is 0 Å². The van der Waals surface area contributed by atoms with Gasteiger partial charge in [-0.05, 0) is 52.0 Å². The average Bonchev–Trinajstić information content (AvgIpc) is 2.73. The first-order valence-electron chi connectivity index (χ1n) is 8.25. The number of hydrogen-bond donors (Lipinski definition) is 1. The highest BCUT2D eigenvalue weighted by atomic mass is 16.5. The molecule has 2 saturated heterocycles. The average molecular weight is 282 g/mol. The molecule has 118 valence electrons. The molecule has 1 atom stereocenters. The van der Waals surface area contributed by atoms with E-state index in [1.165, 1.54) is 38.9 Å². The van der Waals surface area contributed by atoms with E-state index < -0.39 is 0 Å². The summed E-state index contributed by atoms with van der Waals surface area (Å²) in [7, 11) is 0. The molecule has 1 unspecified atom stereocenters. The van der Waals surface area contributed by atoms with Gasteiger partial charge in [-0.1, -0.05) is 13.8 Å². The van der Waals surface area contributed by atoms with Crippen LogP contribution < -0.4 is 5.32 Å². The lowest BCUT2D eigenvalue weighted by atomic mass is 9.81. The number of nitrogens with zero attached hydrogens (tertiary/aromatic N) is 1. The molecule has 1 N–H and O–H groups in total. The highest BCUT2D eigenvalue weighted by Gasteiger charge is 2.39. The molecule has 2 fully saturated rings. The van der Waals surface area contributed by atoms with Crippen LogP contribution in [-0.4, -0.2) is 49.8 Å². The van der Waals surface area contributed by atoms with Crippen molar-refractivity contribution in [2.75, 3.05) is 39.4 Å². The minimum Gasteiger partial charge on any atom is -0.381 e. The van der Waals surface area contributed by atoms with Crippen molar-refractivity contribution >= 4 is 0 Å². The van der Waals surface area contributed by atoms with E-state index in [0.29, 0.717) is 10.8 Å². The molecule has 0 amide bonds. The Balaban J connectivity index is 1.95. The van der Waals surface area contributed by atoms with E-state index >= 15 is 0 Å². The first-order valence-corrected chi connectivity index (χ1v) is 8.25. The van der Waals surface area contributed by atoms with Gasteiger partial charge in [0, 0.05) is 37.2 Å². The van der Waals surface area contributed by atoms with Crippen molar-refractivity contribution in [3.8, 4) is 0 Å². The van der Waals surface area contributed by atoms with E-state index in [-0.39, 0.29) is 5.54 Å². The third-order valence-corrected chi connectivity index (χ3v) is 4.72. The van der Waals surface area contributed by atoms with Gasteiger partial charge in [-0.3, -0.25) is 0 Å². The molecule has 0 radical (unpaired) electrons. The molecule has 2 aliphatic heterocycles. The van der Waals surface area contributed by atoms with Gasteiger partial charge in [0.05, 0.1) is 6.61 Å². The fourth-order valence-electron chi connectivity index (χ4n) is 3.58. The number of nitrogens with one attached hydrogen (secondary N) is 1. The minimum atomic E-state index is 0.191. The first kappa shape index (κ1) is 16.3. The van der Waals surface area contributed by atoms with E-state index in [4.69, 9.17) is 4.74 Å². The van der Waals surface area contributed by atoms with Gasteiger partial charge in [0.2, 0.25) is 0 Å². The summed E-state index contributed by atoms with van der Waals surface area (Å²) in [4.78, 5) is 2.68. The topological polar surface area (TPSA) is 24.5 Å². The number of rotatable bonds is 4. The van der Waals surface area contributed by atoms with Crippen LogP contribution in [0.15, 0.2) is 0 Å². The molecule has 0 aromatic heterocycles. The zero-order valence-corrected chi connectivity index (χ0v) is 14.2. The molecule has 0 aromatic rings. The lowest BCUT2D eigenvalue weighted by molar-refractivity contribution is 0.0555. The molecule has 0 saturated carbocycles. The zero-order chi connectivity index (χ0) is 14.9. The van der Waals surface area contributed by atoms with E-state index in [1.807, 2.05) is 0 Å². The fraction of sp³-hybridized carbons (Fsp3) is 1.00. The van der Waals surface area contributed by atoms with Crippen molar-refractivity contribution in [3.63, 3.8) is 0 Å². The summed E-state index contributed by atoms with van der Waals surface area (Å²) in [6.45, 7) is 18.2. The lowest BCUT2D eigenvalue weighted by Gasteiger charge is -2.43. The van der Waals surface area contributed by atoms with Crippen LogP contribution >= 0.6 is 0 Å². The maximum absolute atomic E-state index is 5.75. The summed E-state index contributed by atoms with van der Waals surface area (Å²) < 4.78 is 5.75. The minimum absolute atomic E-state index is 0.191. The summed E-state index contributed by atoms with van der Waals surface area (Å²) in [6, 6.07) is 0. The molecule has 0 spiro atoms. The summed E-state index contributed by atoms with van der Waals surface area (Å²) in [5.74, 6) is 0.